The number of imidazole rings is 1. The van der Waals surface area contributed by atoms with E-state index < -0.39 is 0 Å². The number of hydrogen-bond acceptors (Lipinski definition) is 4. The van der Waals surface area contributed by atoms with E-state index in [1.165, 1.54) is 0 Å². The van der Waals surface area contributed by atoms with Crippen LogP contribution in [0.25, 0.3) is 11.1 Å². The van der Waals surface area contributed by atoms with Gasteiger partial charge in [0.05, 0.1) is 12.9 Å². The van der Waals surface area contributed by atoms with Gasteiger partial charge >= 0.3 is 0 Å². The van der Waals surface area contributed by atoms with Crippen molar-refractivity contribution in [1.29, 1.82) is 0 Å². The van der Waals surface area contributed by atoms with Gasteiger partial charge in [-0.3, -0.25) is 0 Å². The molecular weight excluding hydrogens is 292 g/mol. The molecule has 0 aliphatic carbocycles. The lowest BCUT2D eigenvalue weighted by Crippen LogP contribution is -2.06. The average Bonchev–Trinajstić information content (AvgIpc) is 3.26. The van der Waals surface area contributed by atoms with Gasteiger partial charge in [-0.15, -0.1) is 0 Å². The van der Waals surface area contributed by atoms with Crippen molar-refractivity contribution >= 4 is 0 Å². The molecule has 0 amide bonds. The molecule has 1 aliphatic heterocycles. The van der Waals surface area contributed by atoms with Crippen LogP contribution in [-0.2, 0) is 6.54 Å². The maximum Gasteiger partial charge on any atom is 0.231 e. The summed E-state index contributed by atoms with van der Waals surface area (Å²) in [6.45, 7) is 1.66. The molecule has 0 radical (unpaired) electrons. The van der Waals surface area contributed by atoms with Crippen molar-refractivity contribution in [1.82, 2.24) is 9.55 Å². The van der Waals surface area contributed by atoms with E-state index in [-0.39, 0.29) is 6.79 Å². The monoisotopic (exact) mass is 308 g/mol. The molecule has 0 unspecified atom stereocenters. The highest BCUT2D eigenvalue weighted by molar-refractivity contribution is 5.68. The van der Waals surface area contributed by atoms with Gasteiger partial charge in [0.2, 0.25) is 6.79 Å². The predicted octanol–water partition coefficient (Wildman–Crippen LogP) is 3.36. The standard InChI is InChI=1S/C18H16N2O3/c1-2-14(15-4-5-17-18(11-15)23-13-22-17)10-16(3-1)21-9-8-20-7-6-19-12-20/h1-7,10-12H,8-9,13H2. The van der Waals surface area contributed by atoms with Gasteiger partial charge in [0.1, 0.15) is 12.4 Å². The number of benzene rings is 2. The van der Waals surface area contributed by atoms with E-state index in [0.29, 0.717) is 6.61 Å². The van der Waals surface area contributed by atoms with Crippen LogP contribution in [0.5, 0.6) is 17.2 Å². The molecule has 1 aromatic heterocycles. The minimum absolute atomic E-state index is 0.288. The minimum atomic E-state index is 0.288. The van der Waals surface area contributed by atoms with Crippen LogP contribution in [0.3, 0.4) is 0 Å². The fourth-order valence-corrected chi connectivity index (χ4v) is 2.53. The maximum absolute atomic E-state index is 5.83. The summed E-state index contributed by atoms with van der Waals surface area (Å²) in [4.78, 5) is 4.02. The van der Waals surface area contributed by atoms with Crippen LogP contribution in [0.15, 0.2) is 61.2 Å². The summed E-state index contributed by atoms with van der Waals surface area (Å²) in [5.74, 6) is 2.43. The van der Waals surface area contributed by atoms with E-state index in [1.807, 2.05) is 47.2 Å². The first-order valence-corrected chi connectivity index (χ1v) is 7.47. The second-order valence-corrected chi connectivity index (χ2v) is 5.24. The van der Waals surface area contributed by atoms with Crippen molar-refractivity contribution < 1.29 is 14.2 Å². The van der Waals surface area contributed by atoms with Gasteiger partial charge in [0.15, 0.2) is 11.5 Å². The Hall–Kier alpha value is -2.95. The number of nitrogens with zero attached hydrogens (tertiary/aromatic N) is 2. The van der Waals surface area contributed by atoms with E-state index in [1.54, 1.807) is 12.5 Å². The summed E-state index contributed by atoms with van der Waals surface area (Å²) in [5.41, 5.74) is 2.16. The topological polar surface area (TPSA) is 45.5 Å². The van der Waals surface area contributed by atoms with E-state index in [2.05, 4.69) is 11.1 Å². The van der Waals surface area contributed by atoms with Gasteiger partial charge in [0.25, 0.3) is 0 Å². The fourth-order valence-electron chi connectivity index (χ4n) is 2.53. The number of aromatic nitrogens is 2. The third kappa shape index (κ3) is 2.99. The summed E-state index contributed by atoms with van der Waals surface area (Å²) in [6.07, 6.45) is 5.47. The lowest BCUT2D eigenvalue weighted by Gasteiger charge is -2.09. The summed E-state index contributed by atoms with van der Waals surface area (Å²) >= 11 is 0. The van der Waals surface area contributed by atoms with E-state index in [4.69, 9.17) is 14.2 Å². The van der Waals surface area contributed by atoms with E-state index in [9.17, 15) is 0 Å². The molecule has 23 heavy (non-hydrogen) atoms. The first-order valence-electron chi connectivity index (χ1n) is 7.47. The van der Waals surface area contributed by atoms with Crippen LogP contribution in [0.2, 0.25) is 0 Å². The lowest BCUT2D eigenvalue weighted by molar-refractivity contribution is 0.174. The molecule has 0 bridgehead atoms. The molecular formula is C18H16N2O3. The SMILES string of the molecule is c1cc(OCCn2ccnc2)cc(-c2ccc3c(c2)OCO3)c1. The quantitative estimate of drug-likeness (QED) is 0.725. The molecule has 0 saturated heterocycles. The van der Waals surface area contributed by atoms with Crippen LogP contribution in [0.1, 0.15) is 0 Å². The number of rotatable bonds is 5. The molecule has 0 N–H and O–H groups in total. The van der Waals surface area contributed by atoms with Crippen molar-refractivity contribution in [2.45, 2.75) is 6.54 Å². The molecule has 2 aromatic carbocycles. The van der Waals surface area contributed by atoms with Gasteiger partial charge in [-0.25, -0.2) is 4.98 Å². The lowest BCUT2D eigenvalue weighted by atomic mass is 10.0. The molecule has 0 spiro atoms. The zero-order valence-electron chi connectivity index (χ0n) is 12.5. The molecule has 0 fully saturated rings. The molecule has 4 rings (SSSR count). The summed E-state index contributed by atoms with van der Waals surface area (Å²) < 4.78 is 18.6. The number of ether oxygens (including phenoxy) is 3. The normalized spacial score (nSPS) is 12.3. The van der Waals surface area contributed by atoms with E-state index in [0.717, 1.165) is 34.9 Å². The Morgan fingerprint density at radius 1 is 1.04 bits per heavy atom. The van der Waals surface area contributed by atoms with Gasteiger partial charge in [-0.2, -0.15) is 0 Å². The van der Waals surface area contributed by atoms with Gasteiger partial charge in [-0.1, -0.05) is 18.2 Å². The Balaban J connectivity index is 1.47. The average molecular weight is 308 g/mol. The van der Waals surface area contributed by atoms with Crippen molar-refractivity contribution in [2.75, 3.05) is 13.4 Å². The fraction of sp³-hybridized carbons (Fsp3) is 0.167. The minimum Gasteiger partial charge on any atom is -0.492 e. The van der Waals surface area contributed by atoms with Crippen molar-refractivity contribution in [3.63, 3.8) is 0 Å². The molecule has 5 nitrogen and oxygen atoms in total. The third-order valence-electron chi connectivity index (χ3n) is 3.72. The first-order chi connectivity index (χ1) is 11.4. The molecule has 3 aromatic rings. The zero-order chi connectivity index (χ0) is 15.5. The summed E-state index contributed by atoms with van der Waals surface area (Å²) in [5, 5.41) is 0. The van der Waals surface area contributed by atoms with Crippen molar-refractivity contribution in [3.8, 4) is 28.4 Å². The highest BCUT2D eigenvalue weighted by Crippen LogP contribution is 2.36. The molecule has 116 valence electrons. The smallest absolute Gasteiger partial charge is 0.231 e. The highest BCUT2D eigenvalue weighted by Gasteiger charge is 2.13. The zero-order valence-corrected chi connectivity index (χ0v) is 12.5. The predicted molar refractivity (Wildman–Crippen MR) is 85.7 cm³/mol. The number of fused-ring (bicyclic) bond motifs is 1. The Morgan fingerprint density at radius 2 is 1.96 bits per heavy atom. The van der Waals surface area contributed by atoms with Gasteiger partial charge in [-0.05, 0) is 35.4 Å². The van der Waals surface area contributed by atoms with Crippen LogP contribution in [0, 0.1) is 0 Å². The Labute approximate surface area is 134 Å². The Bertz CT molecular complexity index is 800. The molecule has 5 heteroatoms. The van der Waals surface area contributed by atoms with Gasteiger partial charge in [0, 0.05) is 12.4 Å². The third-order valence-corrected chi connectivity index (χ3v) is 3.72. The molecule has 0 atom stereocenters. The van der Waals surface area contributed by atoms with Crippen LogP contribution < -0.4 is 14.2 Å². The van der Waals surface area contributed by atoms with Crippen LogP contribution >= 0.6 is 0 Å². The molecule has 0 saturated carbocycles. The largest absolute Gasteiger partial charge is 0.492 e. The van der Waals surface area contributed by atoms with Gasteiger partial charge < -0.3 is 18.8 Å². The van der Waals surface area contributed by atoms with Crippen LogP contribution in [0.4, 0.5) is 0 Å². The van der Waals surface area contributed by atoms with E-state index >= 15 is 0 Å². The first kappa shape index (κ1) is 13.7. The molecule has 1 aliphatic rings. The van der Waals surface area contributed by atoms with Crippen molar-refractivity contribution in [3.05, 3.63) is 61.2 Å². The van der Waals surface area contributed by atoms with Crippen LogP contribution in [-0.4, -0.2) is 23.0 Å². The second kappa shape index (κ2) is 6.04. The molecule has 2 heterocycles. The maximum atomic E-state index is 5.83. The Morgan fingerprint density at radius 3 is 2.87 bits per heavy atom. The highest BCUT2D eigenvalue weighted by atomic mass is 16.7. The van der Waals surface area contributed by atoms with Crippen molar-refractivity contribution in [2.24, 2.45) is 0 Å². The summed E-state index contributed by atoms with van der Waals surface area (Å²) in [7, 11) is 0. The second-order valence-electron chi connectivity index (χ2n) is 5.24. The number of hydrogen-bond donors (Lipinski definition) is 0. The summed E-state index contributed by atoms with van der Waals surface area (Å²) in [6, 6.07) is 14.0. The Kier molecular flexibility index (Phi) is 3.60.